The highest BCUT2D eigenvalue weighted by atomic mass is 19.1. The molecule has 2 aromatic rings. The van der Waals surface area contributed by atoms with Crippen molar-refractivity contribution in [3.63, 3.8) is 0 Å². The Kier molecular flexibility index (Phi) is 2.14. The molecule has 0 aliphatic heterocycles. The largest absolute Gasteiger partial charge is 0.506 e. The van der Waals surface area contributed by atoms with Crippen molar-refractivity contribution in [1.29, 1.82) is 0 Å². The van der Waals surface area contributed by atoms with E-state index >= 15 is 0 Å². The van der Waals surface area contributed by atoms with Crippen LogP contribution in [-0.4, -0.2) is 10.1 Å². The summed E-state index contributed by atoms with van der Waals surface area (Å²) in [6, 6.07) is 9.34. The van der Waals surface area contributed by atoms with E-state index in [-0.39, 0.29) is 11.6 Å². The minimum Gasteiger partial charge on any atom is -0.506 e. The van der Waals surface area contributed by atoms with Gasteiger partial charge in [0.2, 0.25) is 0 Å². The maximum Gasteiger partial charge on any atom is 0.133 e. The molecule has 1 N–H and O–H groups in total. The van der Waals surface area contributed by atoms with Gasteiger partial charge in [0.05, 0.1) is 11.9 Å². The molecule has 1 aromatic carbocycles. The highest BCUT2D eigenvalue weighted by Gasteiger charge is 1.99. The second kappa shape index (κ2) is 3.46. The quantitative estimate of drug-likeness (QED) is 0.747. The van der Waals surface area contributed by atoms with Crippen molar-refractivity contribution >= 4 is 0 Å². The Labute approximate surface area is 80.7 Å². The third kappa shape index (κ3) is 1.71. The lowest BCUT2D eigenvalue weighted by Gasteiger charge is -2.00. The van der Waals surface area contributed by atoms with Gasteiger partial charge in [-0.15, -0.1) is 0 Å². The van der Waals surface area contributed by atoms with E-state index in [1.165, 1.54) is 24.4 Å². The van der Waals surface area contributed by atoms with Crippen molar-refractivity contribution in [3.8, 4) is 17.0 Å². The van der Waals surface area contributed by atoms with Gasteiger partial charge in [-0.3, -0.25) is 4.98 Å². The van der Waals surface area contributed by atoms with Crippen molar-refractivity contribution in [1.82, 2.24) is 4.98 Å². The lowest BCUT2D eigenvalue weighted by Crippen LogP contribution is -1.83. The predicted molar refractivity (Wildman–Crippen MR) is 51.3 cm³/mol. The highest BCUT2D eigenvalue weighted by molar-refractivity contribution is 5.59. The predicted octanol–water partition coefficient (Wildman–Crippen LogP) is 2.59. The fourth-order valence-electron chi connectivity index (χ4n) is 1.20. The number of halogens is 1. The first-order chi connectivity index (χ1) is 6.75. The van der Waals surface area contributed by atoms with Gasteiger partial charge in [0.25, 0.3) is 0 Å². The Bertz CT molecular complexity index is 439. The van der Waals surface area contributed by atoms with Crippen LogP contribution in [0.1, 0.15) is 0 Å². The van der Waals surface area contributed by atoms with Gasteiger partial charge < -0.3 is 5.11 Å². The van der Waals surface area contributed by atoms with Crippen molar-refractivity contribution in [2.45, 2.75) is 0 Å². The van der Waals surface area contributed by atoms with Crippen LogP contribution in [0.4, 0.5) is 4.39 Å². The molecule has 0 aliphatic rings. The van der Waals surface area contributed by atoms with Crippen molar-refractivity contribution in [2.75, 3.05) is 0 Å². The molecular weight excluding hydrogens is 181 g/mol. The summed E-state index contributed by atoms with van der Waals surface area (Å²) in [7, 11) is 0. The summed E-state index contributed by atoms with van der Waals surface area (Å²) >= 11 is 0. The van der Waals surface area contributed by atoms with E-state index in [0.29, 0.717) is 11.3 Å². The Morgan fingerprint density at radius 3 is 2.64 bits per heavy atom. The van der Waals surface area contributed by atoms with E-state index in [1.807, 2.05) is 0 Å². The molecule has 1 heterocycles. The van der Waals surface area contributed by atoms with Crippen LogP contribution in [0.15, 0.2) is 42.6 Å². The molecule has 3 heteroatoms. The second-order valence-corrected chi connectivity index (χ2v) is 2.91. The Hall–Kier alpha value is -1.90. The summed E-state index contributed by atoms with van der Waals surface area (Å²) in [5.41, 5.74) is 1.34. The van der Waals surface area contributed by atoms with E-state index in [2.05, 4.69) is 4.98 Å². The smallest absolute Gasteiger partial charge is 0.133 e. The number of hydrogen-bond donors (Lipinski definition) is 1. The Morgan fingerprint density at radius 2 is 2.00 bits per heavy atom. The molecule has 14 heavy (non-hydrogen) atoms. The summed E-state index contributed by atoms with van der Waals surface area (Å²) < 4.78 is 12.9. The first kappa shape index (κ1) is 8.69. The summed E-state index contributed by atoms with van der Waals surface area (Å²) in [6.45, 7) is 0. The van der Waals surface area contributed by atoms with Gasteiger partial charge >= 0.3 is 0 Å². The number of rotatable bonds is 1. The van der Waals surface area contributed by atoms with E-state index in [4.69, 9.17) is 5.11 Å². The van der Waals surface area contributed by atoms with Gasteiger partial charge in [-0.2, -0.15) is 0 Å². The fraction of sp³-hybridized carbons (Fsp3) is 0. The number of nitrogens with zero attached hydrogens (tertiary/aromatic N) is 1. The number of hydrogen-bond acceptors (Lipinski definition) is 2. The third-order valence-electron chi connectivity index (χ3n) is 1.87. The van der Waals surface area contributed by atoms with Gasteiger partial charge in [0.15, 0.2) is 0 Å². The normalized spacial score (nSPS) is 10.1. The van der Waals surface area contributed by atoms with Gasteiger partial charge in [-0.25, -0.2) is 4.39 Å². The molecule has 0 spiro atoms. The summed E-state index contributed by atoms with van der Waals surface area (Å²) in [6.07, 6.45) is 1.33. The zero-order chi connectivity index (χ0) is 9.97. The molecule has 0 amide bonds. The molecule has 0 saturated heterocycles. The number of aromatic hydroxyl groups is 1. The van der Waals surface area contributed by atoms with E-state index in [1.54, 1.807) is 18.2 Å². The van der Waals surface area contributed by atoms with Crippen LogP contribution in [0.25, 0.3) is 11.3 Å². The summed E-state index contributed by atoms with van der Waals surface area (Å²) in [4.78, 5) is 3.97. The maximum absolute atomic E-state index is 12.9. The van der Waals surface area contributed by atoms with E-state index in [0.717, 1.165) is 0 Å². The van der Waals surface area contributed by atoms with Crippen molar-refractivity contribution < 1.29 is 9.50 Å². The van der Waals surface area contributed by atoms with Crippen LogP contribution in [-0.2, 0) is 0 Å². The fourth-order valence-corrected chi connectivity index (χ4v) is 1.20. The SMILES string of the molecule is Oc1ccc(-c2cccc(F)c2)nc1. The lowest BCUT2D eigenvalue weighted by atomic mass is 10.1. The van der Waals surface area contributed by atoms with Crippen LogP contribution >= 0.6 is 0 Å². The van der Waals surface area contributed by atoms with Crippen molar-refractivity contribution in [2.24, 2.45) is 0 Å². The van der Waals surface area contributed by atoms with Gasteiger partial charge in [-0.1, -0.05) is 12.1 Å². The van der Waals surface area contributed by atoms with E-state index < -0.39 is 0 Å². The third-order valence-corrected chi connectivity index (χ3v) is 1.87. The second-order valence-electron chi connectivity index (χ2n) is 2.91. The minimum absolute atomic E-state index is 0.102. The van der Waals surface area contributed by atoms with Crippen LogP contribution in [0.3, 0.4) is 0 Å². The number of aromatic nitrogens is 1. The molecule has 0 aliphatic carbocycles. The van der Waals surface area contributed by atoms with Crippen LogP contribution in [0.5, 0.6) is 5.75 Å². The molecule has 0 unspecified atom stereocenters. The molecule has 2 rings (SSSR count). The molecule has 2 nitrogen and oxygen atoms in total. The topological polar surface area (TPSA) is 33.1 Å². The molecule has 0 saturated carbocycles. The molecular formula is C11H8FNO. The molecule has 0 bridgehead atoms. The minimum atomic E-state index is -0.294. The summed E-state index contributed by atoms with van der Waals surface area (Å²) in [5.74, 6) is -0.192. The van der Waals surface area contributed by atoms with Gasteiger partial charge in [0, 0.05) is 5.56 Å². The van der Waals surface area contributed by atoms with Crippen molar-refractivity contribution in [3.05, 3.63) is 48.4 Å². The average Bonchev–Trinajstić information content (AvgIpc) is 2.19. The van der Waals surface area contributed by atoms with Gasteiger partial charge in [-0.05, 0) is 24.3 Å². The Balaban J connectivity index is 2.44. The average molecular weight is 189 g/mol. The molecule has 1 aromatic heterocycles. The maximum atomic E-state index is 12.9. The first-order valence-corrected chi connectivity index (χ1v) is 4.17. The monoisotopic (exact) mass is 189 g/mol. The molecule has 70 valence electrons. The first-order valence-electron chi connectivity index (χ1n) is 4.17. The zero-order valence-corrected chi connectivity index (χ0v) is 7.31. The molecule has 0 fully saturated rings. The lowest BCUT2D eigenvalue weighted by molar-refractivity contribution is 0.473. The standard InChI is InChI=1S/C11H8FNO/c12-9-3-1-2-8(6-9)11-5-4-10(14)7-13-11/h1-7,14H. The van der Waals surface area contributed by atoms with Gasteiger partial charge in [0.1, 0.15) is 11.6 Å². The zero-order valence-electron chi connectivity index (χ0n) is 7.31. The Morgan fingerprint density at radius 1 is 1.14 bits per heavy atom. The number of benzene rings is 1. The summed E-state index contributed by atoms with van der Waals surface area (Å²) in [5, 5.41) is 9.02. The molecule has 0 atom stereocenters. The highest BCUT2D eigenvalue weighted by Crippen LogP contribution is 2.19. The van der Waals surface area contributed by atoms with Crippen LogP contribution in [0.2, 0.25) is 0 Å². The molecule has 0 radical (unpaired) electrons. The number of pyridine rings is 1. The van der Waals surface area contributed by atoms with Crippen LogP contribution < -0.4 is 0 Å². The van der Waals surface area contributed by atoms with Crippen LogP contribution in [0, 0.1) is 5.82 Å². The van der Waals surface area contributed by atoms with E-state index in [9.17, 15) is 4.39 Å².